The van der Waals surface area contributed by atoms with E-state index in [1.807, 2.05) is 37.3 Å². The molecule has 0 fully saturated rings. The summed E-state index contributed by atoms with van der Waals surface area (Å²) in [4.78, 5) is 14.4. The van der Waals surface area contributed by atoms with Crippen LogP contribution in [-0.2, 0) is 19.6 Å². The predicted molar refractivity (Wildman–Crippen MR) is 119 cm³/mol. The van der Waals surface area contributed by atoms with Crippen LogP contribution in [0.15, 0.2) is 64.6 Å². The number of ether oxygens (including phenoxy) is 1. The second-order valence-electron chi connectivity index (χ2n) is 7.11. The van der Waals surface area contributed by atoms with E-state index in [4.69, 9.17) is 4.74 Å². The molecule has 2 aromatic carbocycles. The van der Waals surface area contributed by atoms with E-state index in [2.05, 4.69) is 16.9 Å². The van der Waals surface area contributed by atoms with E-state index in [9.17, 15) is 13.2 Å². The molecule has 7 heteroatoms. The summed E-state index contributed by atoms with van der Waals surface area (Å²) in [6.07, 6.45) is 4.23. The first-order chi connectivity index (χ1) is 14.4. The van der Waals surface area contributed by atoms with Crippen LogP contribution in [0.3, 0.4) is 0 Å². The number of rotatable bonds is 12. The number of nitrogens with one attached hydrogen (secondary N) is 1. The minimum atomic E-state index is -3.77. The van der Waals surface area contributed by atoms with Gasteiger partial charge in [0.05, 0.1) is 17.2 Å². The van der Waals surface area contributed by atoms with Gasteiger partial charge < -0.3 is 4.74 Å². The minimum absolute atomic E-state index is 0.153. The number of hydrogen-bond donors (Lipinski definition) is 1. The molecule has 0 aliphatic rings. The van der Waals surface area contributed by atoms with Crippen LogP contribution in [0.2, 0.25) is 0 Å². The number of carbonyl (C=O) groups is 1. The van der Waals surface area contributed by atoms with Crippen LogP contribution < -0.4 is 4.83 Å². The highest BCUT2D eigenvalue weighted by Gasteiger charge is 2.14. The molecule has 0 radical (unpaired) electrons. The highest BCUT2D eigenvalue weighted by molar-refractivity contribution is 7.89. The van der Waals surface area contributed by atoms with Crippen molar-refractivity contribution in [2.24, 2.45) is 5.10 Å². The van der Waals surface area contributed by atoms with Gasteiger partial charge in [-0.3, -0.25) is 4.79 Å². The van der Waals surface area contributed by atoms with E-state index < -0.39 is 10.0 Å². The molecular formula is C23H30N2O4S. The Hall–Kier alpha value is -2.67. The molecule has 0 aromatic heterocycles. The molecule has 1 N–H and O–H groups in total. The largest absolute Gasteiger partial charge is 0.466 e. The molecule has 0 amide bonds. The van der Waals surface area contributed by atoms with Gasteiger partial charge in [0.1, 0.15) is 0 Å². The normalized spacial score (nSPS) is 11.9. The van der Waals surface area contributed by atoms with Gasteiger partial charge in [-0.05, 0) is 43.9 Å². The molecule has 162 valence electrons. The van der Waals surface area contributed by atoms with E-state index in [0.29, 0.717) is 25.2 Å². The Morgan fingerprint density at radius 3 is 2.33 bits per heavy atom. The first-order valence-electron chi connectivity index (χ1n) is 10.3. The number of unbranched alkanes of at least 4 members (excludes halogenated alkanes) is 2. The fraction of sp³-hybridized carbons (Fsp3) is 0.391. The predicted octanol–water partition coefficient (Wildman–Crippen LogP) is 4.58. The van der Waals surface area contributed by atoms with Gasteiger partial charge in [-0.15, -0.1) is 0 Å². The first-order valence-corrected chi connectivity index (χ1v) is 11.8. The molecule has 0 atom stereocenters. The summed E-state index contributed by atoms with van der Waals surface area (Å²) in [5.41, 5.74) is 2.36. The monoisotopic (exact) mass is 430 g/mol. The van der Waals surface area contributed by atoms with Crippen molar-refractivity contribution in [2.75, 3.05) is 6.61 Å². The zero-order valence-electron chi connectivity index (χ0n) is 17.6. The quantitative estimate of drug-likeness (QED) is 0.231. The second kappa shape index (κ2) is 12.1. The SMILES string of the molecule is CCCCCOC(=O)CCC/C(=N\NS(=O)(=O)c1ccc(C)cc1)c1ccccc1. The lowest BCUT2D eigenvalue weighted by Gasteiger charge is -2.09. The van der Waals surface area contributed by atoms with Crippen molar-refractivity contribution >= 4 is 21.7 Å². The molecule has 0 aliphatic carbocycles. The third kappa shape index (κ3) is 7.99. The van der Waals surface area contributed by atoms with Crippen LogP contribution >= 0.6 is 0 Å². The maximum absolute atomic E-state index is 12.5. The molecule has 0 aliphatic heterocycles. The van der Waals surface area contributed by atoms with Gasteiger partial charge in [-0.25, -0.2) is 0 Å². The molecule has 0 saturated heterocycles. The van der Waals surface area contributed by atoms with Gasteiger partial charge in [-0.1, -0.05) is 67.8 Å². The summed E-state index contributed by atoms with van der Waals surface area (Å²) in [7, 11) is -3.77. The van der Waals surface area contributed by atoms with Crippen molar-refractivity contribution in [3.05, 3.63) is 65.7 Å². The number of hydrazone groups is 1. The lowest BCUT2D eigenvalue weighted by Crippen LogP contribution is -2.21. The van der Waals surface area contributed by atoms with E-state index in [0.717, 1.165) is 30.4 Å². The van der Waals surface area contributed by atoms with Crippen LogP contribution in [0.1, 0.15) is 56.6 Å². The standard InChI is InChI=1S/C23H30N2O4S/c1-3-4-8-18-29-23(26)13-9-12-22(20-10-6-5-7-11-20)24-25-30(27,28)21-16-14-19(2)15-17-21/h5-7,10-11,14-17,25H,3-4,8-9,12-13,18H2,1-2H3/b24-22+. The lowest BCUT2D eigenvalue weighted by molar-refractivity contribution is -0.143. The number of sulfonamides is 1. The smallest absolute Gasteiger partial charge is 0.305 e. The molecule has 2 rings (SSSR count). The van der Waals surface area contributed by atoms with Crippen molar-refractivity contribution in [3.63, 3.8) is 0 Å². The summed E-state index contributed by atoms with van der Waals surface area (Å²) in [6, 6.07) is 15.9. The Bertz CT molecular complexity index is 923. The van der Waals surface area contributed by atoms with Crippen molar-refractivity contribution in [1.82, 2.24) is 4.83 Å². The number of nitrogens with zero attached hydrogens (tertiary/aromatic N) is 1. The fourth-order valence-corrected chi connectivity index (χ4v) is 3.62. The van der Waals surface area contributed by atoms with Crippen LogP contribution in [0.4, 0.5) is 0 Å². The van der Waals surface area contributed by atoms with Crippen molar-refractivity contribution < 1.29 is 17.9 Å². The summed E-state index contributed by atoms with van der Waals surface area (Å²) in [5.74, 6) is -0.237. The van der Waals surface area contributed by atoms with Crippen LogP contribution in [0.25, 0.3) is 0 Å². The summed E-state index contributed by atoms with van der Waals surface area (Å²) in [6.45, 7) is 4.44. The number of benzene rings is 2. The van der Waals surface area contributed by atoms with Crippen molar-refractivity contribution in [1.29, 1.82) is 0 Å². The van der Waals surface area contributed by atoms with Crippen LogP contribution in [0, 0.1) is 6.92 Å². The topological polar surface area (TPSA) is 84.8 Å². The van der Waals surface area contributed by atoms with Gasteiger partial charge >= 0.3 is 5.97 Å². The van der Waals surface area contributed by atoms with E-state index in [1.54, 1.807) is 24.3 Å². The molecule has 0 spiro atoms. The highest BCUT2D eigenvalue weighted by atomic mass is 32.2. The third-order valence-electron chi connectivity index (χ3n) is 4.54. The zero-order valence-corrected chi connectivity index (χ0v) is 18.5. The average molecular weight is 431 g/mol. The van der Waals surface area contributed by atoms with Gasteiger partial charge in [0, 0.05) is 6.42 Å². The minimum Gasteiger partial charge on any atom is -0.466 e. The highest BCUT2D eigenvalue weighted by Crippen LogP contribution is 2.12. The molecule has 0 unspecified atom stereocenters. The maximum atomic E-state index is 12.5. The van der Waals surface area contributed by atoms with Gasteiger partial charge in [0.2, 0.25) is 0 Å². The lowest BCUT2D eigenvalue weighted by atomic mass is 10.0. The number of hydrogen-bond acceptors (Lipinski definition) is 5. The maximum Gasteiger partial charge on any atom is 0.305 e. The Labute approximate surface area is 179 Å². The average Bonchev–Trinajstić information content (AvgIpc) is 2.74. The van der Waals surface area contributed by atoms with Gasteiger partial charge in [0.25, 0.3) is 10.0 Å². The molecule has 2 aromatic rings. The molecule has 6 nitrogen and oxygen atoms in total. The van der Waals surface area contributed by atoms with Crippen LogP contribution in [-0.4, -0.2) is 26.7 Å². The first kappa shape index (κ1) is 23.6. The number of aryl methyl sites for hydroxylation is 1. The molecular weight excluding hydrogens is 400 g/mol. The molecule has 0 heterocycles. The van der Waals surface area contributed by atoms with E-state index in [-0.39, 0.29) is 17.3 Å². The zero-order chi connectivity index (χ0) is 21.8. The number of esters is 1. The Kier molecular flexibility index (Phi) is 9.54. The molecule has 30 heavy (non-hydrogen) atoms. The fourth-order valence-electron chi connectivity index (χ4n) is 2.79. The van der Waals surface area contributed by atoms with E-state index >= 15 is 0 Å². The summed E-state index contributed by atoms with van der Waals surface area (Å²) in [5, 5.41) is 4.17. The summed E-state index contributed by atoms with van der Waals surface area (Å²) < 4.78 is 30.3. The third-order valence-corrected chi connectivity index (χ3v) is 5.77. The Morgan fingerprint density at radius 2 is 1.67 bits per heavy atom. The number of carbonyl (C=O) groups excluding carboxylic acids is 1. The van der Waals surface area contributed by atoms with Crippen molar-refractivity contribution in [2.45, 2.75) is 57.3 Å². The van der Waals surface area contributed by atoms with Gasteiger partial charge in [0.15, 0.2) is 0 Å². The molecule has 0 saturated carbocycles. The Morgan fingerprint density at radius 1 is 0.967 bits per heavy atom. The Balaban J connectivity index is 2.01. The molecule has 0 bridgehead atoms. The second-order valence-corrected chi connectivity index (χ2v) is 8.77. The van der Waals surface area contributed by atoms with Crippen LogP contribution in [0.5, 0.6) is 0 Å². The summed E-state index contributed by atoms with van der Waals surface area (Å²) >= 11 is 0. The van der Waals surface area contributed by atoms with Gasteiger partial charge in [-0.2, -0.15) is 18.4 Å². The van der Waals surface area contributed by atoms with E-state index in [1.165, 1.54) is 0 Å². The van der Waals surface area contributed by atoms with Crippen molar-refractivity contribution in [3.8, 4) is 0 Å².